The summed E-state index contributed by atoms with van der Waals surface area (Å²) in [5.74, 6) is -0.859. The van der Waals surface area contributed by atoms with Gasteiger partial charge in [-0.25, -0.2) is 0 Å². The first-order valence-electron chi connectivity index (χ1n) is 7.83. The van der Waals surface area contributed by atoms with E-state index in [2.05, 4.69) is 10.6 Å². The molecule has 3 aromatic rings. The number of aromatic hydroxyl groups is 2. The molecule has 0 atom stereocenters. The van der Waals surface area contributed by atoms with Gasteiger partial charge in [-0.05, 0) is 42.5 Å². The monoisotopic (exact) mass is 348 g/mol. The second-order valence-corrected chi connectivity index (χ2v) is 5.55. The molecule has 3 rings (SSSR count). The average molecular weight is 348 g/mol. The SMILES string of the molecule is O=C(Nc1ccccc1C(=O)Nc1cccc(O)c1)c1cccc(O)c1. The molecule has 130 valence electrons. The third-order valence-corrected chi connectivity index (χ3v) is 3.63. The highest BCUT2D eigenvalue weighted by Gasteiger charge is 2.14. The molecule has 26 heavy (non-hydrogen) atoms. The van der Waals surface area contributed by atoms with Gasteiger partial charge in [-0.1, -0.05) is 24.3 Å². The van der Waals surface area contributed by atoms with E-state index in [-0.39, 0.29) is 22.6 Å². The lowest BCUT2D eigenvalue weighted by Gasteiger charge is -2.12. The zero-order chi connectivity index (χ0) is 18.5. The minimum atomic E-state index is -0.446. The number of rotatable bonds is 4. The highest BCUT2D eigenvalue weighted by atomic mass is 16.3. The van der Waals surface area contributed by atoms with Crippen LogP contribution >= 0.6 is 0 Å². The fourth-order valence-electron chi connectivity index (χ4n) is 2.41. The summed E-state index contributed by atoms with van der Waals surface area (Å²) >= 11 is 0. The van der Waals surface area contributed by atoms with Crippen LogP contribution in [-0.4, -0.2) is 22.0 Å². The molecule has 0 fully saturated rings. The van der Waals surface area contributed by atoms with Crippen LogP contribution in [0.2, 0.25) is 0 Å². The van der Waals surface area contributed by atoms with Crippen LogP contribution in [0, 0.1) is 0 Å². The van der Waals surface area contributed by atoms with E-state index in [9.17, 15) is 19.8 Å². The van der Waals surface area contributed by atoms with Gasteiger partial charge in [-0.3, -0.25) is 9.59 Å². The molecule has 0 aliphatic carbocycles. The number of carbonyl (C=O) groups excluding carboxylic acids is 2. The maximum Gasteiger partial charge on any atom is 0.257 e. The third kappa shape index (κ3) is 3.99. The fraction of sp³-hybridized carbons (Fsp3) is 0. The van der Waals surface area contributed by atoms with Gasteiger partial charge in [0.05, 0.1) is 11.3 Å². The van der Waals surface area contributed by atoms with E-state index in [1.807, 2.05) is 0 Å². The summed E-state index contributed by atoms with van der Waals surface area (Å²) in [6.45, 7) is 0. The Labute approximate surface area is 149 Å². The number of nitrogens with one attached hydrogen (secondary N) is 2. The lowest BCUT2D eigenvalue weighted by Crippen LogP contribution is -2.18. The van der Waals surface area contributed by atoms with Crippen LogP contribution in [0.25, 0.3) is 0 Å². The second-order valence-electron chi connectivity index (χ2n) is 5.55. The Morgan fingerprint density at radius 1 is 0.692 bits per heavy atom. The molecular formula is C20H16N2O4. The Kier molecular flexibility index (Phi) is 4.85. The third-order valence-electron chi connectivity index (χ3n) is 3.63. The number of anilines is 2. The van der Waals surface area contributed by atoms with Gasteiger partial charge in [0.15, 0.2) is 0 Å². The van der Waals surface area contributed by atoms with Gasteiger partial charge in [0, 0.05) is 17.3 Å². The van der Waals surface area contributed by atoms with Crippen molar-refractivity contribution in [2.75, 3.05) is 10.6 Å². The Hall–Kier alpha value is -3.80. The van der Waals surface area contributed by atoms with Gasteiger partial charge in [-0.15, -0.1) is 0 Å². The van der Waals surface area contributed by atoms with Crippen LogP contribution in [0.5, 0.6) is 11.5 Å². The van der Waals surface area contributed by atoms with Crippen molar-refractivity contribution in [1.82, 2.24) is 0 Å². The van der Waals surface area contributed by atoms with Gasteiger partial charge >= 0.3 is 0 Å². The van der Waals surface area contributed by atoms with Crippen molar-refractivity contribution < 1.29 is 19.8 Å². The summed E-state index contributed by atoms with van der Waals surface area (Å²) in [4.78, 5) is 24.9. The van der Waals surface area contributed by atoms with Crippen molar-refractivity contribution in [3.63, 3.8) is 0 Å². The Morgan fingerprint density at radius 2 is 1.38 bits per heavy atom. The van der Waals surface area contributed by atoms with Crippen molar-refractivity contribution in [2.24, 2.45) is 0 Å². The van der Waals surface area contributed by atoms with E-state index >= 15 is 0 Å². The smallest absolute Gasteiger partial charge is 0.257 e. The molecule has 0 aliphatic heterocycles. The number of phenols is 2. The fourth-order valence-corrected chi connectivity index (χ4v) is 2.41. The molecule has 0 radical (unpaired) electrons. The zero-order valence-electron chi connectivity index (χ0n) is 13.6. The molecule has 2 amide bonds. The molecule has 0 unspecified atom stereocenters. The molecular weight excluding hydrogens is 332 g/mol. The van der Waals surface area contributed by atoms with Crippen LogP contribution in [-0.2, 0) is 0 Å². The molecule has 0 saturated heterocycles. The maximum atomic E-state index is 12.5. The summed E-state index contributed by atoms with van der Waals surface area (Å²) in [5, 5.41) is 24.3. The Morgan fingerprint density at radius 3 is 2.12 bits per heavy atom. The number of phenolic OH excluding ortho intramolecular Hbond substituents is 2. The largest absolute Gasteiger partial charge is 0.508 e. The summed E-state index contributed by atoms with van der Waals surface area (Å²) in [6, 6.07) is 18.7. The quantitative estimate of drug-likeness (QED) is 0.579. The van der Waals surface area contributed by atoms with Crippen molar-refractivity contribution >= 4 is 23.2 Å². The number of hydrogen-bond donors (Lipinski definition) is 4. The number of benzene rings is 3. The molecule has 0 heterocycles. The van der Waals surface area contributed by atoms with Crippen molar-refractivity contribution in [3.05, 3.63) is 83.9 Å². The normalized spacial score (nSPS) is 10.2. The first kappa shape index (κ1) is 17.0. The molecule has 0 bridgehead atoms. The highest BCUT2D eigenvalue weighted by Crippen LogP contribution is 2.21. The minimum Gasteiger partial charge on any atom is -0.508 e. The predicted molar refractivity (Wildman–Crippen MR) is 98.6 cm³/mol. The molecule has 0 spiro atoms. The molecule has 3 aromatic carbocycles. The summed E-state index contributed by atoms with van der Waals surface area (Å²) in [5.41, 5.74) is 1.31. The van der Waals surface area contributed by atoms with E-state index in [0.29, 0.717) is 11.4 Å². The second kappa shape index (κ2) is 7.40. The van der Waals surface area contributed by atoms with E-state index in [0.717, 1.165) is 0 Å². The lowest BCUT2D eigenvalue weighted by molar-refractivity contribution is 0.102. The number of para-hydroxylation sites is 1. The molecule has 6 nitrogen and oxygen atoms in total. The van der Waals surface area contributed by atoms with Crippen LogP contribution in [0.1, 0.15) is 20.7 Å². The van der Waals surface area contributed by atoms with Gasteiger partial charge < -0.3 is 20.8 Å². The molecule has 6 heteroatoms. The summed E-state index contributed by atoms with van der Waals surface area (Å²) in [7, 11) is 0. The van der Waals surface area contributed by atoms with E-state index in [1.165, 1.54) is 24.3 Å². The van der Waals surface area contributed by atoms with Crippen molar-refractivity contribution in [2.45, 2.75) is 0 Å². The number of amides is 2. The Balaban J connectivity index is 1.81. The topological polar surface area (TPSA) is 98.7 Å². The highest BCUT2D eigenvalue weighted by molar-refractivity contribution is 6.12. The number of hydrogen-bond acceptors (Lipinski definition) is 4. The van der Waals surface area contributed by atoms with Crippen molar-refractivity contribution in [3.8, 4) is 11.5 Å². The first-order chi connectivity index (χ1) is 12.5. The predicted octanol–water partition coefficient (Wildman–Crippen LogP) is 3.60. The first-order valence-corrected chi connectivity index (χ1v) is 7.83. The van der Waals surface area contributed by atoms with E-state index < -0.39 is 11.8 Å². The van der Waals surface area contributed by atoms with E-state index in [4.69, 9.17) is 0 Å². The van der Waals surface area contributed by atoms with Gasteiger partial charge in [0.1, 0.15) is 11.5 Å². The standard InChI is InChI=1S/C20H16N2O4/c23-15-7-3-5-13(11-15)19(25)22-18-10-2-1-9-17(18)20(26)21-14-6-4-8-16(24)12-14/h1-12,23-24H,(H,21,26)(H,22,25). The molecule has 4 N–H and O–H groups in total. The molecule has 0 saturated carbocycles. The average Bonchev–Trinajstić information content (AvgIpc) is 2.62. The van der Waals surface area contributed by atoms with Crippen molar-refractivity contribution in [1.29, 1.82) is 0 Å². The lowest BCUT2D eigenvalue weighted by atomic mass is 10.1. The van der Waals surface area contributed by atoms with Crippen LogP contribution in [0.3, 0.4) is 0 Å². The number of carbonyl (C=O) groups is 2. The van der Waals surface area contributed by atoms with Crippen LogP contribution in [0.15, 0.2) is 72.8 Å². The van der Waals surface area contributed by atoms with Gasteiger partial charge in [-0.2, -0.15) is 0 Å². The van der Waals surface area contributed by atoms with E-state index in [1.54, 1.807) is 48.5 Å². The molecule has 0 aliphatic rings. The van der Waals surface area contributed by atoms with Gasteiger partial charge in [0.25, 0.3) is 11.8 Å². The zero-order valence-corrected chi connectivity index (χ0v) is 13.6. The van der Waals surface area contributed by atoms with Crippen LogP contribution in [0.4, 0.5) is 11.4 Å². The van der Waals surface area contributed by atoms with Gasteiger partial charge in [0.2, 0.25) is 0 Å². The Bertz CT molecular complexity index is 969. The summed E-state index contributed by atoms with van der Waals surface area (Å²) < 4.78 is 0. The van der Waals surface area contributed by atoms with Crippen LogP contribution < -0.4 is 10.6 Å². The maximum absolute atomic E-state index is 12.5. The summed E-state index contributed by atoms with van der Waals surface area (Å²) in [6.07, 6.45) is 0. The minimum absolute atomic E-state index is 0.0208. The molecule has 0 aromatic heterocycles.